The van der Waals surface area contributed by atoms with Crippen LogP contribution in [0.2, 0.25) is 0 Å². The van der Waals surface area contributed by atoms with Gasteiger partial charge in [-0.1, -0.05) is 36.8 Å². The van der Waals surface area contributed by atoms with Crippen LogP contribution >= 0.6 is 0 Å². The predicted molar refractivity (Wildman–Crippen MR) is 66.4 cm³/mol. The van der Waals surface area contributed by atoms with Crippen LogP contribution in [0, 0.1) is 6.92 Å². The van der Waals surface area contributed by atoms with Crippen molar-refractivity contribution in [1.82, 2.24) is 4.90 Å². The van der Waals surface area contributed by atoms with E-state index in [-0.39, 0.29) is 6.10 Å². The smallest absolute Gasteiger partial charge is 0.0917 e. The van der Waals surface area contributed by atoms with E-state index in [1.54, 1.807) is 0 Å². The summed E-state index contributed by atoms with van der Waals surface area (Å²) in [6.07, 6.45) is 2.25. The third kappa shape index (κ3) is 2.83. The summed E-state index contributed by atoms with van der Waals surface area (Å²) in [7, 11) is 0. The summed E-state index contributed by atoms with van der Waals surface area (Å²) < 4.78 is 0. The van der Waals surface area contributed by atoms with Crippen LogP contribution in [0.5, 0.6) is 0 Å². The molecule has 1 aromatic rings. The first-order valence-corrected chi connectivity index (χ1v) is 6.19. The molecule has 1 unspecified atom stereocenters. The van der Waals surface area contributed by atoms with E-state index in [9.17, 15) is 5.11 Å². The molecule has 0 radical (unpaired) electrons. The maximum absolute atomic E-state index is 10.1. The Morgan fingerprint density at radius 2 is 1.94 bits per heavy atom. The second-order valence-electron chi connectivity index (χ2n) is 4.75. The zero-order valence-corrected chi connectivity index (χ0v) is 10.2. The number of hydrogen-bond acceptors (Lipinski definition) is 2. The molecule has 2 heteroatoms. The van der Waals surface area contributed by atoms with Crippen molar-refractivity contribution in [2.24, 2.45) is 0 Å². The van der Waals surface area contributed by atoms with Crippen LogP contribution in [-0.2, 0) is 0 Å². The van der Waals surface area contributed by atoms with Gasteiger partial charge >= 0.3 is 0 Å². The molecule has 1 fully saturated rings. The SMILES string of the molecule is CCN(CC(O)c1ccc(C)cc1)C1CC1. The van der Waals surface area contributed by atoms with E-state index >= 15 is 0 Å². The Morgan fingerprint density at radius 1 is 1.31 bits per heavy atom. The minimum Gasteiger partial charge on any atom is -0.387 e. The van der Waals surface area contributed by atoms with Crippen molar-refractivity contribution >= 4 is 0 Å². The highest BCUT2D eigenvalue weighted by atomic mass is 16.3. The van der Waals surface area contributed by atoms with Crippen LogP contribution in [0.3, 0.4) is 0 Å². The molecule has 1 saturated carbocycles. The highest BCUT2D eigenvalue weighted by Gasteiger charge is 2.29. The van der Waals surface area contributed by atoms with Crippen molar-refractivity contribution in [3.63, 3.8) is 0 Å². The molecule has 1 aliphatic carbocycles. The molecule has 0 aromatic heterocycles. The maximum Gasteiger partial charge on any atom is 0.0917 e. The second kappa shape index (κ2) is 4.98. The van der Waals surface area contributed by atoms with E-state index in [4.69, 9.17) is 0 Å². The first-order valence-electron chi connectivity index (χ1n) is 6.19. The van der Waals surface area contributed by atoms with E-state index in [0.29, 0.717) is 0 Å². The molecule has 0 bridgehead atoms. The standard InChI is InChI=1S/C14H21NO/c1-3-15(13-8-9-13)10-14(16)12-6-4-11(2)5-7-12/h4-7,13-14,16H,3,8-10H2,1-2H3. The minimum absolute atomic E-state index is 0.346. The molecule has 0 spiro atoms. The first kappa shape index (κ1) is 11.6. The van der Waals surface area contributed by atoms with Gasteiger partial charge in [0, 0.05) is 12.6 Å². The Balaban J connectivity index is 1.95. The van der Waals surface area contributed by atoms with E-state index in [0.717, 1.165) is 24.7 Å². The molecule has 1 aliphatic rings. The van der Waals surface area contributed by atoms with Crippen molar-refractivity contribution < 1.29 is 5.11 Å². The third-order valence-corrected chi connectivity index (χ3v) is 3.34. The highest BCUT2D eigenvalue weighted by Crippen LogP contribution is 2.28. The van der Waals surface area contributed by atoms with E-state index in [1.807, 2.05) is 12.1 Å². The summed E-state index contributed by atoms with van der Waals surface area (Å²) in [5, 5.41) is 10.1. The van der Waals surface area contributed by atoms with Gasteiger partial charge in [-0.2, -0.15) is 0 Å². The lowest BCUT2D eigenvalue weighted by Gasteiger charge is -2.23. The summed E-state index contributed by atoms with van der Waals surface area (Å²) >= 11 is 0. The summed E-state index contributed by atoms with van der Waals surface area (Å²) in [5.41, 5.74) is 2.27. The van der Waals surface area contributed by atoms with Gasteiger partial charge in [0.25, 0.3) is 0 Å². The molecule has 0 heterocycles. The molecule has 1 atom stereocenters. The zero-order chi connectivity index (χ0) is 11.5. The van der Waals surface area contributed by atoms with Gasteiger partial charge in [0.15, 0.2) is 0 Å². The topological polar surface area (TPSA) is 23.5 Å². The highest BCUT2D eigenvalue weighted by molar-refractivity contribution is 5.23. The Hall–Kier alpha value is -0.860. The molecule has 16 heavy (non-hydrogen) atoms. The molecule has 0 saturated heterocycles. The van der Waals surface area contributed by atoms with E-state index in [1.165, 1.54) is 18.4 Å². The third-order valence-electron chi connectivity index (χ3n) is 3.34. The average Bonchev–Trinajstić information content (AvgIpc) is 3.10. The van der Waals surface area contributed by atoms with Crippen molar-refractivity contribution in [1.29, 1.82) is 0 Å². The lowest BCUT2D eigenvalue weighted by Crippen LogP contribution is -2.30. The van der Waals surface area contributed by atoms with Crippen molar-refractivity contribution in [3.8, 4) is 0 Å². The molecule has 88 valence electrons. The number of benzene rings is 1. The van der Waals surface area contributed by atoms with Crippen LogP contribution in [-0.4, -0.2) is 29.1 Å². The second-order valence-corrected chi connectivity index (χ2v) is 4.75. The van der Waals surface area contributed by atoms with Gasteiger partial charge in [-0.15, -0.1) is 0 Å². The largest absolute Gasteiger partial charge is 0.387 e. The van der Waals surface area contributed by atoms with Crippen molar-refractivity contribution in [2.75, 3.05) is 13.1 Å². The lowest BCUT2D eigenvalue weighted by atomic mass is 10.1. The van der Waals surface area contributed by atoms with Gasteiger partial charge in [0.1, 0.15) is 0 Å². The molecule has 1 N–H and O–H groups in total. The fourth-order valence-electron chi connectivity index (χ4n) is 2.09. The molecule has 2 rings (SSSR count). The summed E-state index contributed by atoms with van der Waals surface area (Å²) in [4.78, 5) is 2.38. The Labute approximate surface area is 97.9 Å². The van der Waals surface area contributed by atoms with Crippen LogP contribution in [0.1, 0.15) is 37.0 Å². The quantitative estimate of drug-likeness (QED) is 0.822. The fraction of sp³-hybridized carbons (Fsp3) is 0.571. The number of rotatable bonds is 5. The van der Waals surface area contributed by atoms with Gasteiger partial charge in [-0.05, 0) is 31.9 Å². The maximum atomic E-state index is 10.1. The number of nitrogens with zero attached hydrogens (tertiary/aromatic N) is 1. The molecule has 1 aromatic carbocycles. The Morgan fingerprint density at radius 3 is 2.44 bits per heavy atom. The van der Waals surface area contributed by atoms with E-state index < -0.39 is 0 Å². The number of hydrogen-bond donors (Lipinski definition) is 1. The van der Waals surface area contributed by atoms with E-state index in [2.05, 4.69) is 30.9 Å². The zero-order valence-electron chi connectivity index (χ0n) is 10.2. The van der Waals surface area contributed by atoms with Gasteiger partial charge in [0.05, 0.1) is 6.10 Å². The van der Waals surface area contributed by atoms with Crippen LogP contribution in [0.4, 0.5) is 0 Å². The summed E-state index contributed by atoms with van der Waals surface area (Å²) in [6.45, 7) is 6.04. The summed E-state index contributed by atoms with van der Waals surface area (Å²) in [6, 6.07) is 8.91. The first-order chi connectivity index (χ1) is 7.70. The summed E-state index contributed by atoms with van der Waals surface area (Å²) in [5.74, 6) is 0. The van der Waals surface area contributed by atoms with Crippen LogP contribution in [0.25, 0.3) is 0 Å². The number of aryl methyl sites for hydroxylation is 1. The molecular weight excluding hydrogens is 198 g/mol. The minimum atomic E-state index is -0.346. The van der Waals surface area contributed by atoms with Gasteiger partial charge in [0.2, 0.25) is 0 Å². The Bertz CT molecular complexity index is 329. The fourth-order valence-corrected chi connectivity index (χ4v) is 2.09. The van der Waals surface area contributed by atoms with Crippen molar-refractivity contribution in [3.05, 3.63) is 35.4 Å². The normalized spacial score (nSPS) is 17.8. The molecular formula is C14H21NO. The Kier molecular flexibility index (Phi) is 3.62. The molecule has 0 amide bonds. The van der Waals surface area contributed by atoms with Gasteiger partial charge < -0.3 is 5.11 Å². The predicted octanol–water partition coefficient (Wildman–Crippen LogP) is 2.51. The average molecular weight is 219 g/mol. The molecule has 2 nitrogen and oxygen atoms in total. The lowest BCUT2D eigenvalue weighted by molar-refractivity contribution is 0.112. The number of aliphatic hydroxyl groups excluding tert-OH is 1. The van der Waals surface area contributed by atoms with Gasteiger partial charge in [-0.3, -0.25) is 4.90 Å². The van der Waals surface area contributed by atoms with Crippen molar-refractivity contribution in [2.45, 2.75) is 38.8 Å². The number of aliphatic hydroxyl groups is 1. The molecule has 0 aliphatic heterocycles. The van der Waals surface area contributed by atoms with Gasteiger partial charge in [-0.25, -0.2) is 0 Å². The number of likely N-dealkylation sites (N-methyl/N-ethyl adjacent to an activating group) is 1. The monoisotopic (exact) mass is 219 g/mol. The van der Waals surface area contributed by atoms with Crippen LogP contribution in [0.15, 0.2) is 24.3 Å². The van der Waals surface area contributed by atoms with Crippen LogP contribution < -0.4 is 0 Å².